The van der Waals surface area contributed by atoms with E-state index in [1.165, 1.54) is 0 Å². The molecule has 1 amide bonds. The van der Waals surface area contributed by atoms with Crippen molar-refractivity contribution in [2.45, 2.75) is 25.5 Å². The van der Waals surface area contributed by atoms with Crippen molar-refractivity contribution >= 4 is 28.7 Å². The van der Waals surface area contributed by atoms with Gasteiger partial charge in [0.1, 0.15) is 11.8 Å². The number of carboxylic acids is 1. The van der Waals surface area contributed by atoms with Crippen LogP contribution in [0.3, 0.4) is 0 Å². The van der Waals surface area contributed by atoms with E-state index in [1.807, 2.05) is 54.6 Å². The topological polar surface area (TPSA) is 75.6 Å². The van der Waals surface area contributed by atoms with Crippen molar-refractivity contribution in [3.05, 3.63) is 119 Å². The molecular weight excluding hydrogens is 450 g/mol. The summed E-state index contributed by atoms with van der Waals surface area (Å²) in [5.41, 5.74) is 2.66. The van der Waals surface area contributed by atoms with Crippen LogP contribution in [0.5, 0.6) is 5.75 Å². The van der Waals surface area contributed by atoms with Gasteiger partial charge in [-0.2, -0.15) is 0 Å². The number of carbonyl (C=O) groups is 2. The number of aliphatic carboxylic acids is 1. The fraction of sp³-hybridized carbons (Fsp3) is 0.161. The minimum Gasteiger partial charge on any atom is -0.480 e. The highest BCUT2D eigenvalue weighted by Gasteiger charge is 2.37. The molecule has 0 fully saturated rings. The van der Waals surface area contributed by atoms with Gasteiger partial charge in [-0.1, -0.05) is 86.6 Å². The van der Waals surface area contributed by atoms with Gasteiger partial charge in [0.05, 0.1) is 0 Å². The SMILES string of the molecule is CC(C)[C@H](NC(=O)c1ccc2c3c(ccc2c1)OC(c1ccccc1)(c1ccccc1)C=C3)C(=O)O. The predicted octanol–water partition coefficient (Wildman–Crippen LogP) is 6.03. The molecule has 0 spiro atoms. The summed E-state index contributed by atoms with van der Waals surface area (Å²) in [5, 5.41) is 13.9. The molecule has 0 aromatic heterocycles. The van der Waals surface area contributed by atoms with Crippen LogP contribution in [0.4, 0.5) is 0 Å². The van der Waals surface area contributed by atoms with Crippen LogP contribution in [0, 0.1) is 5.92 Å². The molecule has 1 aliphatic heterocycles. The first-order valence-corrected chi connectivity index (χ1v) is 12.0. The molecule has 5 heteroatoms. The monoisotopic (exact) mass is 477 g/mol. The average molecular weight is 478 g/mol. The van der Waals surface area contributed by atoms with Crippen LogP contribution in [0.25, 0.3) is 16.8 Å². The van der Waals surface area contributed by atoms with E-state index in [1.54, 1.807) is 26.0 Å². The van der Waals surface area contributed by atoms with Gasteiger partial charge in [-0.15, -0.1) is 0 Å². The Hall–Kier alpha value is -4.38. The molecule has 0 saturated heterocycles. The van der Waals surface area contributed by atoms with E-state index in [9.17, 15) is 14.7 Å². The van der Waals surface area contributed by atoms with Gasteiger partial charge in [0.2, 0.25) is 0 Å². The fourth-order valence-electron chi connectivity index (χ4n) is 4.73. The average Bonchev–Trinajstić information content (AvgIpc) is 2.91. The lowest BCUT2D eigenvalue weighted by Crippen LogP contribution is -2.44. The van der Waals surface area contributed by atoms with Gasteiger partial charge in [0.15, 0.2) is 5.60 Å². The minimum atomic E-state index is -1.05. The normalized spacial score (nSPS) is 14.6. The molecule has 5 rings (SSSR count). The molecule has 0 bridgehead atoms. The molecule has 2 N–H and O–H groups in total. The largest absolute Gasteiger partial charge is 0.480 e. The Bertz CT molecular complexity index is 1420. The second-order valence-corrected chi connectivity index (χ2v) is 9.35. The number of benzene rings is 4. The van der Waals surface area contributed by atoms with Crippen LogP contribution in [-0.4, -0.2) is 23.0 Å². The summed E-state index contributed by atoms with van der Waals surface area (Å²) in [6.07, 6.45) is 4.17. The third-order valence-electron chi connectivity index (χ3n) is 6.66. The Morgan fingerprint density at radius 3 is 2.08 bits per heavy atom. The maximum absolute atomic E-state index is 12.8. The molecule has 0 saturated carbocycles. The number of nitrogens with one attached hydrogen (secondary N) is 1. The zero-order chi connectivity index (χ0) is 25.3. The third kappa shape index (κ3) is 4.13. The summed E-state index contributed by atoms with van der Waals surface area (Å²) in [5.74, 6) is -0.929. The highest BCUT2D eigenvalue weighted by molar-refractivity contribution is 6.02. The van der Waals surface area contributed by atoms with Crippen molar-refractivity contribution in [2.75, 3.05) is 0 Å². The third-order valence-corrected chi connectivity index (χ3v) is 6.66. The van der Waals surface area contributed by atoms with Gasteiger partial charge in [-0.05, 0) is 47.0 Å². The van der Waals surface area contributed by atoms with E-state index in [4.69, 9.17) is 4.74 Å². The van der Waals surface area contributed by atoms with Gasteiger partial charge in [-0.3, -0.25) is 4.79 Å². The van der Waals surface area contributed by atoms with Gasteiger partial charge >= 0.3 is 5.97 Å². The molecule has 4 aromatic rings. The van der Waals surface area contributed by atoms with Gasteiger partial charge < -0.3 is 15.2 Å². The summed E-state index contributed by atoms with van der Waals surface area (Å²) in [4.78, 5) is 24.3. The molecule has 0 unspecified atom stereocenters. The first-order chi connectivity index (χ1) is 17.4. The fourth-order valence-corrected chi connectivity index (χ4v) is 4.73. The smallest absolute Gasteiger partial charge is 0.326 e. The van der Waals surface area contributed by atoms with Gasteiger partial charge in [0, 0.05) is 22.3 Å². The number of amides is 1. The number of hydrogen-bond acceptors (Lipinski definition) is 3. The zero-order valence-electron chi connectivity index (χ0n) is 20.1. The number of carboxylic acid groups (broad SMARTS) is 1. The molecule has 1 aliphatic rings. The van der Waals surface area contributed by atoms with E-state index >= 15 is 0 Å². The number of rotatable bonds is 6. The molecular formula is C31H27NO4. The minimum absolute atomic E-state index is 0.226. The lowest BCUT2D eigenvalue weighted by Gasteiger charge is -2.36. The standard InChI is InChI=1S/C31H27NO4/c1-20(2)28(30(34)35)32-29(33)22-13-15-25-21(19-22)14-16-27-26(25)17-18-31(36-27,23-9-5-3-6-10-23)24-11-7-4-8-12-24/h3-20,28H,1-2H3,(H,32,33)(H,34,35)/t28-/m0/s1. The van der Waals surface area contributed by atoms with Crippen LogP contribution >= 0.6 is 0 Å². The Morgan fingerprint density at radius 1 is 0.861 bits per heavy atom. The lowest BCUT2D eigenvalue weighted by molar-refractivity contribution is -0.140. The van der Waals surface area contributed by atoms with Crippen LogP contribution in [0.15, 0.2) is 97.1 Å². The highest BCUT2D eigenvalue weighted by Crippen LogP contribution is 2.44. The van der Waals surface area contributed by atoms with E-state index in [-0.39, 0.29) is 5.92 Å². The molecule has 36 heavy (non-hydrogen) atoms. The summed E-state index contributed by atoms with van der Waals surface area (Å²) < 4.78 is 6.75. The number of fused-ring (bicyclic) bond motifs is 3. The number of ether oxygens (including phenoxy) is 1. The molecule has 0 aliphatic carbocycles. The summed E-state index contributed by atoms with van der Waals surface area (Å²) in [6, 6.07) is 28.6. The summed E-state index contributed by atoms with van der Waals surface area (Å²) >= 11 is 0. The van der Waals surface area contributed by atoms with Crippen LogP contribution in [0.2, 0.25) is 0 Å². The zero-order valence-corrected chi connectivity index (χ0v) is 20.1. The quantitative estimate of drug-likeness (QED) is 0.356. The first kappa shape index (κ1) is 23.4. The van der Waals surface area contributed by atoms with Crippen molar-refractivity contribution < 1.29 is 19.4 Å². The maximum Gasteiger partial charge on any atom is 0.326 e. The second-order valence-electron chi connectivity index (χ2n) is 9.35. The predicted molar refractivity (Wildman–Crippen MR) is 141 cm³/mol. The first-order valence-electron chi connectivity index (χ1n) is 12.0. The molecule has 180 valence electrons. The van der Waals surface area contributed by atoms with Crippen molar-refractivity contribution in [3.8, 4) is 5.75 Å². The van der Waals surface area contributed by atoms with Crippen LogP contribution < -0.4 is 10.1 Å². The Balaban J connectivity index is 1.53. The van der Waals surface area contributed by atoms with E-state index in [2.05, 4.69) is 41.7 Å². The highest BCUT2D eigenvalue weighted by atomic mass is 16.5. The molecule has 5 nitrogen and oxygen atoms in total. The van der Waals surface area contributed by atoms with Crippen LogP contribution in [0.1, 0.15) is 40.9 Å². The molecule has 1 heterocycles. The van der Waals surface area contributed by atoms with E-state index < -0.39 is 23.5 Å². The van der Waals surface area contributed by atoms with Gasteiger partial charge in [-0.25, -0.2) is 4.79 Å². The summed E-state index contributed by atoms with van der Waals surface area (Å²) in [6.45, 7) is 3.53. The number of carbonyl (C=O) groups excluding carboxylic acids is 1. The maximum atomic E-state index is 12.8. The summed E-state index contributed by atoms with van der Waals surface area (Å²) in [7, 11) is 0. The van der Waals surface area contributed by atoms with Crippen molar-refractivity contribution in [1.29, 1.82) is 0 Å². The van der Waals surface area contributed by atoms with E-state index in [0.717, 1.165) is 33.2 Å². The Morgan fingerprint density at radius 2 is 1.50 bits per heavy atom. The number of hydrogen-bond donors (Lipinski definition) is 2. The van der Waals surface area contributed by atoms with Crippen LogP contribution in [-0.2, 0) is 10.4 Å². The van der Waals surface area contributed by atoms with Crippen molar-refractivity contribution in [2.24, 2.45) is 5.92 Å². The molecule has 0 radical (unpaired) electrons. The molecule has 4 aromatic carbocycles. The van der Waals surface area contributed by atoms with Crippen molar-refractivity contribution in [3.63, 3.8) is 0 Å². The molecule has 1 atom stereocenters. The Kier molecular flexibility index (Phi) is 6.06. The second kappa shape index (κ2) is 9.34. The van der Waals surface area contributed by atoms with Gasteiger partial charge in [0.25, 0.3) is 5.91 Å². The van der Waals surface area contributed by atoms with E-state index in [0.29, 0.717) is 5.56 Å². The van der Waals surface area contributed by atoms with Crippen molar-refractivity contribution in [1.82, 2.24) is 5.32 Å². The lowest BCUT2D eigenvalue weighted by atomic mass is 9.83. The Labute approximate surface area is 210 Å².